The molecule has 1 N–H and O–H groups in total. The van der Waals surface area contributed by atoms with Crippen LogP contribution in [0.3, 0.4) is 0 Å². The minimum atomic E-state index is -0.348. The van der Waals surface area contributed by atoms with Gasteiger partial charge in [0, 0.05) is 7.05 Å². The van der Waals surface area contributed by atoms with Gasteiger partial charge in [0.25, 0.3) is 5.91 Å². The number of hydrogen-bond acceptors (Lipinski definition) is 4. The molecule has 3 aromatic rings. The van der Waals surface area contributed by atoms with Gasteiger partial charge in [-0.3, -0.25) is 14.8 Å². The second-order valence-corrected chi connectivity index (χ2v) is 6.37. The number of anilines is 1. The van der Waals surface area contributed by atoms with E-state index in [2.05, 4.69) is 48.6 Å². The topological polar surface area (TPSA) is 77.6 Å². The van der Waals surface area contributed by atoms with Crippen molar-refractivity contribution in [2.24, 2.45) is 7.05 Å². The molecular weight excluding hydrogens is 372 g/mol. The molecule has 0 fully saturated rings. The number of amides is 1. The SMILES string of the molecule is Cc1ccc(Cn2cnc(NC(=O)c3nn(C)c(C)c3Br)n2)cc1. The standard InChI is InChI=1S/C16H17BrN6O/c1-10-4-6-12(7-5-10)8-23-9-18-16(21-23)19-15(24)14-13(17)11(2)22(3)20-14/h4-7,9H,8H2,1-3H3,(H,19,21,24). The highest BCUT2D eigenvalue weighted by atomic mass is 79.9. The quantitative estimate of drug-likeness (QED) is 0.745. The largest absolute Gasteiger partial charge is 0.288 e. The smallest absolute Gasteiger partial charge is 0.279 e. The van der Waals surface area contributed by atoms with Gasteiger partial charge in [0.05, 0.1) is 16.7 Å². The van der Waals surface area contributed by atoms with Crippen LogP contribution in [0.25, 0.3) is 0 Å². The van der Waals surface area contributed by atoms with E-state index in [1.165, 1.54) is 5.56 Å². The first-order valence-corrected chi connectivity index (χ1v) is 8.19. The molecule has 0 radical (unpaired) electrons. The third-order valence-corrected chi connectivity index (χ3v) is 4.65. The Morgan fingerprint density at radius 3 is 2.54 bits per heavy atom. The molecule has 8 heteroatoms. The van der Waals surface area contributed by atoms with Crippen LogP contribution in [-0.2, 0) is 13.6 Å². The fourth-order valence-corrected chi connectivity index (χ4v) is 2.71. The Morgan fingerprint density at radius 2 is 1.92 bits per heavy atom. The molecule has 0 spiro atoms. The van der Waals surface area contributed by atoms with Gasteiger partial charge in [-0.2, -0.15) is 5.10 Å². The van der Waals surface area contributed by atoms with E-state index in [0.717, 1.165) is 11.3 Å². The molecule has 0 atom stereocenters. The Balaban J connectivity index is 1.70. The van der Waals surface area contributed by atoms with E-state index in [9.17, 15) is 4.79 Å². The van der Waals surface area contributed by atoms with Gasteiger partial charge in [-0.05, 0) is 35.3 Å². The number of aryl methyl sites for hydroxylation is 2. The highest BCUT2D eigenvalue weighted by Crippen LogP contribution is 2.20. The lowest BCUT2D eigenvalue weighted by Gasteiger charge is -2.01. The van der Waals surface area contributed by atoms with Crippen LogP contribution in [0.2, 0.25) is 0 Å². The van der Waals surface area contributed by atoms with E-state index in [-0.39, 0.29) is 11.9 Å². The minimum Gasteiger partial charge on any atom is -0.288 e. The summed E-state index contributed by atoms with van der Waals surface area (Å²) >= 11 is 3.38. The summed E-state index contributed by atoms with van der Waals surface area (Å²) in [5.41, 5.74) is 3.51. The van der Waals surface area contributed by atoms with Crippen LogP contribution in [0.5, 0.6) is 0 Å². The second kappa shape index (κ2) is 6.56. The lowest BCUT2D eigenvalue weighted by molar-refractivity contribution is 0.102. The normalized spacial score (nSPS) is 10.8. The van der Waals surface area contributed by atoms with Crippen molar-refractivity contribution < 1.29 is 4.79 Å². The summed E-state index contributed by atoms with van der Waals surface area (Å²) in [4.78, 5) is 16.4. The van der Waals surface area contributed by atoms with Gasteiger partial charge in [-0.1, -0.05) is 29.8 Å². The van der Waals surface area contributed by atoms with E-state index in [1.54, 1.807) is 22.7 Å². The van der Waals surface area contributed by atoms with Gasteiger partial charge < -0.3 is 0 Å². The van der Waals surface area contributed by atoms with Gasteiger partial charge in [0.1, 0.15) is 6.33 Å². The van der Waals surface area contributed by atoms with E-state index >= 15 is 0 Å². The number of rotatable bonds is 4. The van der Waals surface area contributed by atoms with Gasteiger partial charge in [0.15, 0.2) is 5.69 Å². The zero-order valence-electron chi connectivity index (χ0n) is 13.6. The van der Waals surface area contributed by atoms with E-state index in [4.69, 9.17) is 0 Å². The Kier molecular flexibility index (Phi) is 4.48. The minimum absolute atomic E-state index is 0.252. The highest BCUT2D eigenvalue weighted by molar-refractivity contribution is 9.10. The summed E-state index contributed by atoms with van der Waals surface area (Å²) in [6, 6.07) is 8.19. The van der Waals surface area contributed by atoms with Crippen molar-refractivity contribution in [3.63, 3.8) is 0 Å². The van der Waals surface area contributed by atoms with Crippen molar-refractivity contribution in [3.8, 4) is 0 Å². The number of nitrogens with zero attached hydrogens (tertiary/aromatic N) is 5. The third-order valence-electron chi connectivity index (χ3n) is 3.70. The molecule has 0 saturated carbocycles. The summed E-state index contributed by atoms with van der Waals surface area (Å²) in [7, 11) is 1.78. The number of carbonyl (C=O) groups is 1. The fraction of sp³-hybridized carbons (Fsp3) is 0.250. The molecule has 2 heterocycles. The van der Waals surface area contributed by atoms with E-state index in [1.807, 2.05) is 26.0 Å². The molecule has 3 rings (SSSR count). The molecule has 0 unspecified atom stereocenters. The van der Waals surface area contributed by atoms with Crippen molar-refractivity contribution in [3.05, 3.63) is 57.6 Å². The number of aromatic nitrogens is 5. The molecule has 1 aromatic carbocycles. The summed E-state index contributed by atoms with van der Waals surface area (Å²) in [5, 5.41) is 11.1. The average Bonchev–Trinajstić information content (AvgIpc) is 3.09. The Morgan fingerprint density at radius 1 is 1.21 bits per heavy atom. The average molecular weight is 389 g/mol. The molecule has 7 nitrogen and oxygen atoms in total. The molecule has 124 valence electrons. The lowest BCUT2D eigenvalue weighted by Crippen LogP contribution is -2.15. The van der Waals surface area contributed by atoms with Crippen LogP contribution < -0.4 is 5.32 Å². The van der Waals surface area contributed by atoms with Crippen molar-refractivity contribution in [1.29, 1.82) is 0 Å². The molecule has 1 amide bonds. The third kappa shape index (κ3) is 3.38. The Bertz CT molecular complexity index is 881. The Hall–Kier alpha value is -2.48. The van der Waals surface area contributed by atoms with Crippen LogP contribution >= 0.6 is 15.9 Å². The van der Waals surface area contributed by atoms with E-state index < -0.39 is 0 Å². The van der Waals surface area contributed by atoms with Gasteiger partial charge in [-0.15, -0.1) is 5.10 Å². The van der Waals surface area contributed by atoms with Crippen LogP contribution in [0, 0.1) is 13.8 Å². The summed E-state index contributed by atoms with van der Waals surface area (Å²) in [5.74, 6) is -0.0963. The van der Waals surface area contributed by atoms with Crippen molar-refractivity contribution in [2.75, 3.05) is 5.32 Å². The first-order valence-electron chi connectivity index (χ1n) is 7.39. The fourth-order valence-electron chi connectivity index (χ4n) is 2.20. The van der Waals surface area contributed by atoms with Crippen LogP contribution in [-0.4, -0.2) is 30.5 Å². The molecule has 0 aliphatic carbocycles. The molecular formula is C16H17BrN6O. The number of halogens is 1. The summed E-state index contributed by atoms with van der Waals surface area (Å²) < 4.78 is 3.99. The van der Waals surface area contributed by atoms with Gasteiger partial charge >= 0.3 is 0 Å². The van der Waals surface area contributed by atoms with Gasteiger partial charge in [-0.25, -0.2) is 9.67 Å². The maximum absolute atomic E-state index is 12.3. The molecule has 0 aliphatic rings. The first-order chi connectivity index (χ1) is 11.4. The molecule has 0 saturated heterocycles. The van der Waals surface area contributed by atoms with Crippen molar-refractivity contribution >= 4 is 27.8 Å². The highest BCUT2D eigenvalue weighted by Gasteiger charge is 2.19. The number of benzene rings is 1. The first kappa shape index (κ1) is 16.4. The zero-order valence-corrected chi connectivity index (χ0v) is 15.2. The molecule has 24 heavy (non-hydrogen) atoms. The maximum atomic E-state index is 12.3. The lowest BCUT2D eigenvalue weighted by atomic mass is 10.1. The molecule has 0 bridgehead atoms. The van der Waals surface area contributed by atoms with Crippen LogP contribution in [0.1, 0.15) is 27.3 Å². The second-order valence-electron chi connectivity index (χ2n) is 5.58. The molecule has 2 aromatic heterocycles. The van der Waals surface area contributed by atoms with Crippen molar-refractivity contribution in [1.82, 2.24) is 24.5 Å². The van der Waals surface area contributed by atoms with Crippen molar-refractivity contribution in [2.45, 2.75) is 20.4 Å². The predicted molar refractivity (Wildman–Crippen MR) is 93.9 cm³/mol. The number of hydrogen-bond donors (Lipinski definition) is 1. The number of nitrogens with one attached hydrogen (secondary N) is 1. The van der Waals surface area contributed by atoms with E-state index in [0.29, 0.717) is 16.7 Å². The predicted octanol–water partition coefficient (Wildman–Crippen LogP) is 2.69. The monoisotopic (exact) mass is 388 g/mol. The Labute approximate surface area is 147 Å². The summed E-state index contributed by atoms with van der Waals surface area (Å²) in [6.07, 6.45) is 1.59. The maximum Gasteiger partial charge on any atom is 0.279 e. The zero-order chi connectivity index (χ0) is 17.3. The molecule has 0 aliphatic heterocycles. The summed E-state index contributed by atoms with van der Waals surface area (Å²) in [6.45, 7) is 4.52. The number of carbonyl (C=O) groups excluding carboxylic acids is 1. The van der Waals surface area contributed by atoms with Gasteiger partial charge in [0.2, 0.25) is 5.95 Å². The van der Waals surface area contributed by atoms with Crippen LogP contribution in [0.4, 0.5) is 5.95 Å². The van der Waals surface area contributed by atoms with Crippen LogP contribution in [0.15, 0.2) is 35.1 Å².